The van der Waals surface area contributed by atoms with Gasteiger partial charge in [-0.15, -0.1) is 0 Å². The lowest BCUT2D eigenvalue weighted by Gasteiger charge is -2.57. The van der Waals surface area contributed by atoms with E-state index in [1.807, 2.05) is 6.08 Å². The molecule has 0 amide bonds. The van der Waals surface area contributed by atoms with Crippen LogP contribution in [0.5, 0.6) is 0 Å². The first-order valence-corrected chi connectivity index (χ1v) is 12.7. The Balaban J connectivity index is 1.54. The van der Waals surface area contributed by atoms with E-state index in [4.69, 9.17) is 0 Å². The Morgan fingerprint density at radius 1 is 1.13 bits per heavy atom. The highest BCUT2D eigenvalue weighted by Gasteiger charge is 2.61. The quantitative estimate of drug-likeness (QED) is 0.508. The lowest BCUT2D eigenvalue weighted by Crippen LogP contribution is -2.53. The molecule has 168 valence electrons. The molecule has 0 aromatic carbocycles. The maximum Gasteiger partial charge on any atom is 0.159 e. The molecule has 2 nitrogen and oxygen atoms in total. The zero-order chi connectivity index (χ0) is 21.8. The van der Waals surface area contributed by atoms with E-state index in [0.717, 1.165) is 25.2 Å². The summed E-state index contributed by atoms with van der Waals surface area (Å²) in [7, 11) is 0. The summed E-state index contributed by atoms with van der Waals surface area (Å²) in [6, 6.07) is 0. The van der Waals surface area contributed by atoms with Crippen LogP contribution in [0.25, 0.3) is 0 Å². The molecule has 0 aromatic rings. The molecule has 1 unspecified atom stereocenters. The summed E-state index contributed by atoms with van der Waals surface area (Å²) in [5, 5.41) is 10.2. The van der Waals surface area contributed by atoms with Crippen LogP contribution in [0.15, 0.2) is 23.8 Å². The van der Waals surface area contributed by atoms with E-state index in [1.54, 1.807) is 0 Å². The van der Waals surface area contributed by atoms with Crippen LogP contribution in [0, 0.1) is 46.3 Å². The van der Waals surface area contributed by atoms with Crippen molar-refractivity contribution < 1.29 is 9.90 Å². The summed E-state index contributed by atoms with van der Waals surface area (Å²) in [5.41, 5.74) is 3.09. The van der Waals surface area contributed by atoms with Gasteiger partial charge in [-0.2, -0.15) is 0 Å². The van der Waals surface area contributed by atoms with Gasteiger partial charge < -0.3 is 5.11 Å². The molecule has 0 bridgehead atoms. The van der Waals surface area contributed by atoms with Crippen molar-refractivity contribution in [3.63, 3.8) is 0 Å². The second-order valence-electron chi connectivity index (χ2n) is 12.2. The highest BCUT2D eigenvalue weighted by Crippen LogP contribution is 2.66. The van der Waals surface area contributed by atoms with Crippen molar-refractivity contribution in [2.24, 2.45) is 46.3 Å². The van der Waals surface area contributed by atoms with Crippen LogP contribution >= 0.6 is 0 Å². The minimum atomic E-state index is -0.250. The minimum absolute atomic E-state index is 0.137. The van der Waals surface area contributed by atoms with Crippen molar-refractivity contribution >= 4 is 5.78 Å². The molecule has 0 radical (unpaired) electrons. The molecule has 2 heteroatoms. The Labute approximate surface area is 184 Å². The minimum Gasteiger partial charge on any atom is -0.393 e. The van der Waals surface area contributed by atoms with Gasteiger partial charge in [0.1, 0.15) is 0 Å². The Bertz CT molecular complexity index is 733. The van der Waals surface area contributed by atoms with Crippen LogP contribution < -0.4 is 0 Å². The van der Waals surface area contributed by atoms with Crippen molar-refractivity contribution in [2.45, 2.75) is 98.5 Å². The summed E-state index contributed by atoms with van der Waals surface area (Å²) in [5.74, 6) is 3.67. The predicted octanol–water partition coefficient (Wildman–Crippen LogP) is 6.73. The highest BCUT2D eigenvalue weighted by atomic mass is 16.3. The van der Waals surface area contributed by atoms with Gasteiger partial charge in [0.25, 0.3) is 0 Å². The third-order valence-electron chi connectivity index (χ3n) is 10.4. The lowest BCUT2D eigenvalue weighted by molar-refractivity contribution is -0.135. The van der Waals surface area contributed by atoms with Gasteiger partial charge in [-0.3, -0.25) is 4.79 Å². The maximum absolute atomic E-state index is 13.4. The molecule has 8 atom stereocenters. The number of aliphatic hydroxyl groups is 1. The topological polar surface area (TPSA) is 37.3 Å². The number of rotatable bonds is 5. The summed E-state index contributed by atoms with van der Waals surface area (Å²) in [6.07, 6.45) is 11.8. The van der Waals surface area contributed by atoms with Crippen molar-refractivity contribution in [2.75, 3.05) is 0 Å². The molecule has 3 saturated carbocycles. The van der Waals surface area contributed by atoms with E-state index >= 15 is 0 Å². The van der Waals surface area contributed by atoms with E-state index in [2.05, 4.69) is 41.2 Å². The molecule has 0 aromatic heterocycles. The first-order valence-electron chi connectivity index (χ1n) is 12.7. The first kappa shape index (κ1) is 22.3. The zero-order valence-electron chi connectivity index (χ0n) is 20.0. The number of carbonyl (C=O) groups is 1. The van der Waals surface area contributed by atoms with Gasteiger partial charge in [0.05, 0.1) is 6.10 Å². The smallest absolute Gasteiger partial charge is 0.159 e. The van der Waals surface area contributed by atoms with E-state index in [9.17, 15) is 9.90 Å². The normalized spacial score (nSPS) is 44.2. The number of carbonyl (C=O) groups excluding carboxylic acids is 1. The monoisotopic (exact) mass is 412 g/mol. The average molecular weight is 413 g/mol. The van der Waals surface area contributed by atoms with Gasteiger partial charge in [0.2, 0.25) is 0 Å². The fraction of sp³-hybridized carbons (Fsp3) is 0.821. The third-order valence-corrected chi connectivity index (χ3v) is 10.4. The maximum atomic E-state index is 13.4. The molecule has 4 aliphatic carbocycles. The Morgan fingerprint density at radius 2 is 1.87 bits per heavy atom. The fourth-order valence-corrected chi connectivity index (χ4v) is 8.26. The number of aliphatic hydroxyl groups excluding tert-OH is 1. The van der Waals surface area contributed by atoms with E-state index in [0.29, 0.717) is 41.3 Å². The van der Waals surface area contributed by atoms with Crippen LogP contribution in [0.1, 0.15) is 92.4 Å². The molecule has 1 N–H and O–H groups in total. The Kier molecular flexibility index (Phi) is 5.88. The number of hydrogen-bond acceptors (Lipinski definition) is 2. The van der Waals surface area contributed by atoms with Gasteiger partial charge >= 0.3 is 0 Å². The van der Waals surface area contributed by atoms with Crippen LogP contribution in [-0.4, -0.2) is 17.0 Å². The van der Waals surface area contributed by atoms with Gasteiger partial charge in [-0.1, -0.05) is 52.3 Å². The van der Waals surface area contributed by atoms with Crippen molar-refractivity contribution in [3.05, 3.63) is 23.8 Å². The molecule has 0 saturated heterocycles. The summed E-state index contributed by atoms with van der Waals surface area (Å²) < 4.78 is 0. The first-order chi connectivity index (χ1) is 14.1. The fourth-order valence-electron chi connectivity index (χ4n) is 8.26. The van der Waals surface area contributed by atoms with Crippen LogP contribution in [0.4, 0.5) is 0 Å². The largest absolute Gasteiger partial charge is 0.393 e. The molecule has 0 aliphatic heterocycles. The summed E-state index contributed by atoms with van der Waals surface area (Å²) in [4.78, 5) is 13.4. The van der Waals surface area contributed by atoms with Crippen molar-refractivity contribution in [1.82, 2.24) is 0 Å². The van der Waals surface area contributed by atoms with Crippen LogP contribution in [0.2, 0.25) is 0 Å². The number of ketones is 1. The number of fused-ring (bicyclic) bond motifs is 5. The Hall–Kier alpha value is -0.890. The number of hydrogen-bond donors (Lipinski definition) is 1. The van der Waals surface area contributed by atoms with Crippen molar-refractivity contribution in [3.8, 4) is 0 Å². The van der Waals surface area contributed by atoms with Gasteiger partial charge in [-0.05, 0) is 104 Å². The summed E-state index contributed by atoms with van der Waals surface area (Å²) in [6.45, 7) is 16.2. The summed E-state index contributed by atoms with van der Waals surface area (Å²) >= 11 is 0. The molecular weight excluding hydrogens is 368 g/mol. The SMILES string of the molecule is C=C(CC[C@@H](C)[C@H]1CC[C@H]2C3C(=O)C=C4C[C@@H](O)CC[C@]4(C)[C@H]3CC[C@]12C)C(C)C. The molecule has 30 heavy (non-hydrogen) atoms. The molecule has 0 spiro atoms. The van der Waals surface area contributed by atoms with Gasteiger partial charge in [0.15, 0.2) is 5.78 Å². The average Bonchev–Trinajstić information content (AvgIpc) is 3.04. The van der Waals surface area contributed by atoms with Gasteiger partial charge in [-0.25, -0.2) is 0 Å². The number of allylic oxidation sites excluding steroid dienone is 2. The van der Waals surface area contributed by atoms with Crippen LogP contribution in [-0.2, 0) is 4.79 Å². The molecule has 3 fully saturated rings. The standard InChI is InChI=1S/C28H44O2/c1-17(2)18(3)7-8-19(4)22-9-10-23-26-24(12-14-28(22,23)6)27(5)13-11-21(29)15-20(27)16-25(26)30/h16-17,19,21-24,26,29H,3,7-15H2,1-2,4-6H3/t19-,21+,22-,23+,24+,26?,27+,28-/m1/s1. The molecular formula is C28H44O2. The van der Waals surface area contributed by atoms with E-state index in [1.165, 1.54) is 43.3 Å². The highest BCUT2D eigenvalue weighted by molar-refractivity contribution is 5.94. The zero-order valence-corrected chi connectivity index (χ0v) is 20.0. The molecule has 4 rings (SSSR count). The second-order valence-corrected chi connectivity index (χ2v) is 12.2. The van der Waals surface area contributed by atoms with Crippen LogP contribution in [0.3, 0.4) is 0 Å². The van der Waals surface area contributed by atoms with Crippen molar-refractivity contribution in [1.29, 1.82) is 0 Å². The third kappa shape index (κ3) is 3.46. The lowest BCUT2D eigenvalue weighted by atomic mass is 9.46. The second kappa shape index (κ2) is 7.91. The van der Waals surface area contributed by atoms with Gasteiger partial charge in [0, 0.05) is 5.92 Å². The van der Waals surface area contributed by atoms with E-state index in [-0.39, 0.29) is 17.4 Å². The molecule has 0 heterocycles. The molecule has 4 aliphatic rings. The Morgan fingerprint density at radius 3 is 2.57 bits per heavy atom. The predicted molar refractivity (Wildman–Crippen MR) is 124 cm³/mol. The van der Waals surface area contributed by atoms with E-state index < -0.39 is 0 Å².